The van der Waals surface area contributed by atoms with E-state index in [0.717, 1.165) is 6.07 Å². The topological polar surface area (TPSA) is 141 Å². The minimum atomic E-state index is -0.979. The molecule has 13 heteroatoms. The number of aromatic nitrogens is 2. The summed E-state index contributed by atoms with van der Waals surface area (Å²) in [6, 6.07) is 13.3. The van der Waals surface area contributed by atoms with Crippen LogP contribution in [0.25, 0.3) is 11.1 Å². The number of nitrogens with two attached hydrogens (primary N) is 2. The lowest BCUT2D eigenvalue weighted by molar-refractivity contribution is -0.141. The summed E-state index contributed by atoms with van der Waals surface area (Å²) >= 11 is 2.51. The maximum atomic E-state index is 14.0. The third kappa shape index (κ3) is 6.52. The number of nitrogens with zero attached hydrogens (tertiary/aromatic N) is 3. The molecule has 2 aromatic carbocycles. The van der Waals surface area contributed by atoms with Crippen molar-refractivity contribution in [3.8, 4) is 22.9 Å². The molecule has 0 amide bonds. The first-order valence-electron chi connectivity index (χ1n) is 12.5. The molecular formula is C28H26F2N6O3S2. The van der Waals surface area contributed by atoms with E-state index in [2.05, 4.69) is 21.4 Å². The summed E-state index contributed by atoms with van der Waals surface area (Å²) in [6.45, 7) is 4.50. The molecule has 1 unspecified atom stereocenters. The number of hydrogen-bond acceptors (Lipinski definition) is 11. The van der Waals surface area contributed by atoms with Crippen LogP contribution < -0.4 is 21.5 Å². The standard InChI is InChI=1S/C28H26F2N6O3S2/c1-28(2)38-12-18(39-28)11-37-17-8-6-15(7-9-17)22-19(10-31)26(36-25(33)24(22)32)40-13-16-14-41-27(34-16)35-21-5-3-4-20(29)23(21)30/h3-9,14,18H,11-13,32H2,1-2H3,(H2,33,36)(H,34,35). The number of ether oxygens (including phenoxy) is 3. The Hall–Kier alpha value is -3.96. The van der Waals surface area contributed by atoms with Crippen LogP contribution in [0, 0.1) is 23.0 Å². The Kier molecular flexibility index (Phi) is 8.27. The molecule has 9 nitrogen and oxygen atoms in total. The van der Waals surface area contributed by atoms with E-state index < -0.39 is 17.4 Å². The fraction of sp³-hybridized carbons (Fsp3) is 0.250. The number of nitriles is 1. The largest absolute Gasteiger partial charge is 0.491 e. The van der Waals surface area contributed by atoms with Crippen molar-refractivity contribution >= 4 is 45.4 Å². The monoisotopic (exact) mass is 596 g/mol. The van der Waals surface area contributed by atoms with Crippen molar-refractivity contribution in [1.29, 1.82) is 5.26 Å². The first kappa shape index (κ1) is 28.6. The molecule has 1 aliphatic rings. The normalized spacial score (nSPS) is 15.9. The number of nitrogens with one attached hydrogen (secondary N) is 1. The number of thioether (sulfide) groups is 1. The fourth-order valence-electron chi connectivity index (χ4n) is 4.14. The van der Waals surface area contributed by atoms with E-state index in [9.17, 15) is 14.0 Å². The number of hydrogen-bond donors (Lipinski definition) is 3. The van der Waals surface area contributed by atoms with Crippen LogP contribution in [0.4, 0.5) is 31.1 Å². The van der Waals surface area contributed by atoms with Gasteiger partial charge in [0.2, 0.25) is 0 Å². The van der Waals surface area contributed by atoms with Gasteiger partial charge in [0.25, 0.3) is 0 Å². The zero-order chi connectivity index (χ0) is 29.1. The Morgan fingerprint density at radius 3 is 2.68 bits per heavy atom. The second-order valence-electron chi connectivity index (χ2n) is 9.52. The summed E-state index contributed by atoms with van der Waals surface area (Å²) in [7, 11) is 0. The molecular weight excluding hydrogens is 570 g/mol. The molecule has 2 aromatic heterocycles. The summed E-state index contributed by atoms with van der Waals surface area (Å²) in [4.78, 5) is 8.79. The number of thiazole rings is 1. The number of benzene rings is 2. The van der Waals surface area contributed by atoms with Gasteiger partial charge in [-0.25, -0.2) is 18.7 Å². The van der Waals surface area contributed by atoms with Crippen molar-refractivity contribution in [2.75, 3.05) is 30.0 Å². The van der Waals surface area contributed by atoms with Crippen molar-refractivity contribution in [3.63, 3.8) is 0 Å². The minimum absolute atomic E-state index is 0.0100. The van der Waals surface area contributed by atoms with E-state index in [1.165, 1.54) is 35.2 Å². The van der Waals surface area contributed by atoms with Crippen molar-refractivity contribution in [2.24, 2.45) is 0 Å². The average Bonchev–Trinajstić information content (AvgIpc) is 3.55. The van der Waals surface area contributed by atoms with E-state index in [-0.39, 0.29) is 28.9 Å². The van der Waals surface area contributed by atoms with E-state index >= 15 is 0 Å². The summed E-state index contributed by atoms with van der Waals surface area (Å²) in [6.07, 6.45) is -0.169. The SMILES string of the molecule is CC1(C)OCC(COc2ccc(-c3c(N)c(N)nc(SCc4csc(Nc5cccc(F)c5F)n4)c3C#N)cc2)O1. The van der Waals surface area contributed by atoms with Gasteiger partial charge in [-0.1, -0.05) is 30.0 Å². The van der Waals surface area contributed by atoms with E-state index in [1.54, 1.807) is 29.6 Å². The van der Waals surface area contributed by atoms with Crippen molar-refractivity contribution in [1.82, 2.24) is 9.97 Å². The van der Waals surface area contributed by atoms with Crippen LogP contribution in [0.3, 0.4) is 0 Å². The number of nitrogen functional groups attached to an aromatic ring is 2. The highest BCUT2D eigenvalue weighted by Crippen LogP contribution is 2.39. The summed E-state index contributed by atoms with van der Waals surface area (Å²) in [5, 5.41) is 15.4. The van der Waals surface area contributed by atoms with Gasteiger partial charge in [-0.3, -0.25) is 0 Å². The van der Waals surface area contributed by atoms with Gasteiger partial charge in [0.1, 0.15) is 35.4 Å². The van der Waals surface area contributed by atoms with Crippen LogP contribution >= 0.6 is 23.1 Å². The smallest absolute Gasteiger partial charge is 0.187 e. The Morgan fingerprint density at radius 1 is 1.20 bits per heavy atom. The first-order valence-corrected chi connectivity index (χ1v) is 14.3. The van der Waals surface area contributed by atoms with Gasteiger partial charge in [-0.05, 0) is 43.7 Å². The van der Waals surface area contributed by atoms with Crippen LogP contribution in [0.2, 0.25) is 0 Å². The number of pyridine rings is 1. The van der Waals surface area contributed by atoms with E-state index in [0.29, 0.717) is 51.7 Å². The van der Waals surface area contributed by atoms with Crippen molar-refractivity contribution in [3.05, 3.63) is 70.7 Å². The molecule has 5 rings (SSSR count). The zero-order valence-electron chi connectivity index (χ0n) is 22.1. The second kappa shape index (κ2) is 11.9. The van der Waals surface area contributed by atoms with Crippen LogP contribution in [0.15, 0.2) is 52.9 Å². The highest BCUT2D eigenvalue weighted by molar-refractivity contribution is 7.98. The number of rotatable bonds is 9. The quantitative estimate of drug-likeness (QED) is 0.195. The Bertz CT molecular complexity index is 1610. The first-order chi connectivity index (χ1) is 19.6. The van der Waals surface area contributed by atoms with Gasteiger partial charge in [0, 0.05) is 16.7 Å². The molecule has 1 aliphatic heterocycles. The maximum absolute atomic E-state index is 14.0. The van der Waals surface area contributed by atoms with Crippen LogP contribution in [0.1, 0.15) is 25.1 Å². The predicted molar refractivity (Wildman–Crippen MR) is 155 cm³/mol. The van der Waals surface area contributed by atoms with Crippen molar-refractivity contribution in [2.45, 2.75) is 36.5 Å². The molecule has 1 atom stereocenters. The van der Waals surface area contributed by atoms with Gasteiger partial charge in [0.05, 0.1) is 29.2 Å². The molecule has 0 aliphatic carbocycles. The molecule has 41 heavy (non-hydrogen) atoms. The average molecular weight is 597 g/mol. The molecule has 212 valence electrons. The van der Waals surface area contributed by atoms with E-state index in [4.69, 9.17) is 25.7 Å². The third-order valence-electron chi connectivity index (χ3n) is 6.09. The minimum Gasteiger partial charge on any atom is -0.491 e. The lowest BCUT2D eigenvalue weighted by atomic mass is 10.00. The maximum Gasteiger partial charge on any atom is 0.187 e. The summed E-state index contributed by atoms with van der Waals surface area (Å²) in [5.74, 6) is -1.47. The second-order valence-corrected chi connectivity index (χ2v) is 11.3. The van der Waals surface area contributed by atoms with Gasteiger partial charge >= 0.3 is 0 Å². The third-order valence-corrected chi connectivity index (χ3v) is 7.91. The molecule has 0 bridgehead atoms. The van der Waals surface area contributed by atoms with Crippen LogP contribution in [0.5, 0.6) is 5.75 Å². The molecule has 1 fully saturated rings. The van der Waals surface area contributed by atoms with Gasteiger partial charge in [-0.2, -0.15) is 5.26 Å². The molecule has 0 radical (unpaired) electrons. The Morgan fingerprint density at radius 2 is 1.98 bits per heavy atom. The van der Waals surface area contributed by atoms with Crippen LogP contribution in [-0.4, -0.2) is 35.1 Å². The fourth-order valence-corrected chi connectivity index (χ4v) is 5.86. The summed E-state index contributed by atoms with van der Waals surface area (Å²) in [5.41, 5.74) is 14.7. The van der Waals surface area contributed by atoms with Gasteiger partial charge in [-0.15, -0.1) is 11.3 Å². The lowest BCUT2D eigenvalue weighted by Gasteiger charge is -2.17. The van der Waals surface area contributed by atoms with Crippen molar-refractivity contribution < 1.29 is 23.0 Å². The Balaban J connectivity index is 1.29. The summed E-state index contributed by atoms with van der Waals surface area (Å²) < 4.78 is 44.7. The van der Waals surface area contributed by atoms with Crippen LogP contribution in [-0.2, 0) is 15.2 Å². The predicted octanol–water partition coefficient (Wildman–Crippen LogP) is 6.09. The lowest BCUT2D eigenvalue weighted by Crippen LogP contribution is -2.25. The van der Waals surface area contributed by atoms with Gasteiger partial charge < -0.3 is 31.0 Å². The highest BCUT2D eigenvalue weighted by atomic mass is 32.2. The molecule has 3 heterocycles. The molecule has 0 spiro atoms. The van der Waals surface area contributed by atoms with Gasteiger partial charge in [0.15, 0.2) is 22.6 Å². The number of anilines is 4. The Labute approximate surface area is 243 Å². The van der Waals surface area contributed by atoms with E-state index in [1.807, 2.05) is 13.8 Å². The zero-order valence-corrected chi connectivity index (χ0v) is 23.7. The highest BCUT2D eigenvalue weighted by Gasteiger charge is 2.33. The number of halogens is 2. The molecule has 5 N–H and O–H groups in total. The molecule has 0 saturated carbocycles. The molecule has 4 aromatic rings. The molecule has 1 saturated heterocycles.